The number of amides is 1. The number of carbonyl (C=O) groups excluding carboxylic acids is 1. The number of pyridine rings is 1. The normalized spacial score (nSPS) is 14.5. The molecular formula is C18H20N2O2. The van der Waals surface area contributed by atoms with Gasteiger partial charge in [0, 0.05) is 30.5 Å². The van der Waals surface area contributed by atoms with Crippen LogP contribution in [0.1, 0.15) is 18.9 Å². The van der Waals surface area contributed by atoms with Crippen LogP contribution in [0.25, 0.3) is 0 Å². The van der Waals surface area contributed by atoms with Crippen molar-refractivity contribution in [3.63, 3.8) is 0 Å². The molecule has 0 bridgehead atoms. The highest BCUT2D eigenvalue weighted by Gasteiger charge is 2.27. The maximum absolute atomic E-state index is 12.6. The van der Waals surface area contributed by atoms with E-state index in [2.05, 4.69) is 4.98 Å². The summed E-state index contributed by atoms with van der Waals surface area (Å²) >= 11 is 0. The molecule has 4 nitrogen and oxygen atoms in total. The summed E-state index contributed by atoms with van der Waals surface area (Å²) in [5.74, 6) is 0.962. The molecule has 114 valence electrons. The Morgan fingerprint density at radius 1 is 1.32 bits per heavy atom. The predicted octanol–water partition coefficient (Wildman–Crippen LogP) is 3.08. The summed E-state index contributed by atoms with van der Waals surface area (Å²) in [6.45, 7) is 3.27. The summed E-state index contributed by atoms with van der Waals surface area (Å²) in [6.07, 6.45) is 5.20. The number of fused-ring (bicyclic) bond motifs is 1. The summed E-state index contributed by atoms with van der Waals surface area (Å²) < 4.78 is 5.68. The highest BCUT2D eigenvalue weighted by atomic mass is 16.5. The van der Waals surface area contributed by atoms with Gasteiger partial charge in [-0.25, -0.2) is 0 Å². The molecule has 0 unspecified atom stereocenters. The Hall–Kier alpha value is -2.36. The molecule has 1 atom stereocenters. The van der Waals surface area contributed by atoms with Crippen molar-refractivity contribution in [1.82, 2.24) is 4.98 Å². The second kappa shape index (κ2) is 6.60. The molecule has 22 heavy (non-hydrogen) atoms. The van der Waals surface area contributed by atoms with Gasteiger partial charge in [-0.2, -0.15) is 0 Å². The lowest BCUT2D eigenvalue weighted by atomic mass is 10.1. The number of anilines is 1. The standard InChI is InChI=1S/C18H20N2O2/c1-14(9-12-22-16-5-3-2-4-6-16)18(21)20-11-8-15-13-19-10-7-17(15)20/h2-7,10,13-14H,8-9,11-12H2,1H3/t14-/m0/s1. The van der Waals surface area contributed by atoms with Crippen LogP contribution in [-0.4, -0.2) is 24.0 Å². The largest absolute Gasteiger partial charge is 0.494 e. The lowest BCUT2D eigenvalue weighted by Crippen LogP contribution is -2.34. The van der Waals surface area contributed by atoms with E-state index in [0.29, 0.717) is 13.0 Å². The number of hydrogen-bond donors (Lipinski definition) is 0. The quantitative estimate of drug-likeness (QED) is 0.851. The lowest BCUT2D eigenvalue weighted by Gasteiger charge is -2.21. The first-order chi connectivity index (χ1) is 10.8. The molecule has 1 aliphatic rings. The van der Waals surface area contributed by atoms with E-state index in [1.54, 1.807) is 6.20 Å². The molecule has 1 aromatic heterocycles. The van der Waals surface area contributed by atoms with Crippen LogP contribution in [-0.2, 0) is 11.2 Å². The van der Waals surface area contributed by atoms with Gasteiger partial charge in [-0.1, -0.05) is 25.1 Å². The third kappa shape index (κ3) is 3.11. The Kier molecular flexibility index (Phi) is 4.37. The third-order valence-electron chi connectivity index (χ3n) is 4.02. The van der Waals surface area contributed by atoms with E-state index in [-0.39, 0.29) is 11.8 Å². The average molecular weight is 296 g/mol. The zero-order valence-corrected chi connectivity index (χ0v) is 12.7. The second-order valence-corrected chi connectivity index (χ2v) is 5.60. The molecule has 1 aromatic carbocycles. The molecule has 2 aromatic rings. The summed E-state index contributed by atoms with van der Waals surface area (Å²) in [4.78, 5) is 18.6. The van der Waals surface area contributed by atoms with Gasteiger partial charge in [0.05, 0.1) is 6.61 Å². The molecule has 1 aliphatic heterocycles. The smallest absolute Gasteiger partial charge is 0.229 e. The van der Waals surface area contributed by atoms with E-state index in [0.717, 1.165) is 30.0 Å². The fraction of sp³-hybridized carbons (Fsp3) is 0.333. The fourth-order valence-electron chi connectivity index (χ4n) is 2.72. The monoisotopic (exact) mass is 296 g/mol. The number of aromatic nitrogens is 1. The summed E-state index contributed by atoms with van der Waals surface area (Å²) in [6, 6.07) is 11.6. The van der Waals surface area contributed by atoms with Gasteiger partial charge in [0.15, 0.2) is 0 Å². The highest BCUT2D eigenvalue weighted by molar-refractivity contribution is 5.96. The van der Waals surface area contributed by atoms with Gasteiger partial charge >= 0.3 is 0 Å². The number of hydrogen-bond acceptors (Lipinski definition) is 3. The maximum Gasteiger partial charge on any atom is 0.229 e. The second-order valence-electron chi connectivity index (χ2n) is 5.60. The predicted molar refractivity (Wildman–Crippen MR) is 86.0 cm³/mol. The van der Waals surface area contributed by atoms with Crippen LogP contribution < -0.4 is 9.64 Å². The van der Waals surface area contributed by atoms with Gasteiger partial charge < -0.3 is 9.64 Å². The van der Waals surface area contributed by atoms with E-state index in [1.807, 2.05) is 54.4 Å². The van der Waals surface area contributed by atoms with Gasteiger partial charge in [0.25, 0.3) is 0 Å². The zero-order valence-electron chi connectivity index (χ0n) is 12.7. The Bertz CT molecular complexity index is 643. The van der Waals surface area contributed by atoms with Crippen molar-refractivity contribution in [2.24, 2.45) is 5.92 Å². The maximum atomic E-state index is 12.6. The molecule has 0 fully saturated rings. The molecule has 0 spiro atoms. The Balaban J connectivity index is 1.54. The van der Waals surface area contributed by atoms with E-state index in [1.165, 1.54) is 0 Å². The Morgan fingerprint density at radius 2 is 2.14 bits per heavy atom. The molecule has 4 heteroatoms. The number of para-hydroxylation sites is 1. The van der Waals surface area contributed by atoms with Crippen molar-refractivity contribution < 1.29 is 9.53 Å². The van der Waals surface area contributed by atoms with Crippen LogP contribution in [0.2, 0.25) is 0 Å². The van der Waals surface area contributed by atoms with Crippen LogP contribution in [0.15, 0.2) is 48.8 Å². The zero-order chi connectivity index (χ0) is 15.4. The number of nitrogens with zero attached hydrogens (tertiary/aromatic N) is 2. The van der Waals surface area contributed by atoms with Crippen LogP contribution in [0.3, 0.4) is 0 Å². The molecule has 0 aliphatic carbocycles. The molecule has 0 saturated carbocycles. The van der Waals surface area contributed by atoms with E-state index in [4.69, 9.17) is 4.74 Å². The van der Waals surface area contributed by atoms with E-state index >= 15 is 0 Å². The van der Waals surface area contributed by atoms with Crippen molar-refractivity contribution in [2.75, 3.05) is 18.1 Å². The molecule has 0 N–H and O–H groups in total. The average Bonchev–Trinajstić information content (AvgIpc) is 2.99. The molecule has 1 amide bonds. The molecule has 2 heterocycles. The van der Waals surface area contributed by atoms with Crippen LogP contribution >= 0.6 is 0 Å². The first-order valence-corrected chi connectivity index (χ1v) is 7.68. The van der Waals surface area contributed by atoms with Crippen molar-refractivity contribution >= 4 is 11.6 Å². The lowest BCUT2D eigenvalue weighted by molar-refractivity contribution is -0.122. The summed E-state index contributed by atoms with van der Waals surface area (Å²) in [7, 11) is 0. The SMILES string of the molecule is C[C@@H](CCOc1ccccc1)C(=O)N1CCc2cnccc21. The van der Waals surface area contributed by atoms with Gasteiger partial charge in [-0.15, -0.1) is 0 Å². The first-order valence-electron chi connectivity index (χ1n) is 7.68. The topological polar surface area (TPSA) is 42.4 Å². The number of ether oxygens (including phenoxy) is 1. The number of carbonyl (C=O) groups is 1. The van der Waals surface area contributed by atoms with Crippen LogP contribution in [0.4, 0.5) is 5.69 Å². The molecule has 0 radical (unpaired) electrons. The first kappa shape index (κ1) is 14.6. The third-order valence-corrected chi connectivity index (χ3v) is 4.02. The van der Waals surface area contributed by atoms with Crippen molar-refractivity contribution in [3.05, 3.63) is 54.4 Å². The molecular weight excluding hydrogens is 276 g/mol. The van der Waals surface area contributed by atoms with Crippen LogP contribution in [0, 0.1) is 5.92 Å². The Morgan fingerprint density at radius 3 is 2.95 bits per heavy atom. The minimum Gasteiger partial charge on any atom is -0.494 e. The molecule has 0 saturated heterocycles. The highest BCUT2D eigenvalue weighted by Crippen LogP contribution is 2.28. The van der Waals surface area contributed by atoms with Gasteiger partial charge in [-0.3, -0.25) is 9.78 Å². The minimum atomic E-state index is -0.0529. The molecule has 3 rings (SSSR count). The number of rotatable bonds is 5. The van der Waals surface area contributed by atoms with Gasteiger partial charge in [0.1, 0.15) is 5.75 Å². The minimum absolute atomic E-state index is 0.0529. The van der Waals surface area contributed by atoms with Crippen LogP contribution in [0.5, 0.6) is 5.75 Å². The van der Waals surface area contributed by atoms with Crippen molar-refractivity contribution in [1.29, 1.82) is 0 Å². The van der Waals surface area contributed by atoms with E-state index in [9.17, 15) is 4.79 Å². The van der Waals surface area contributed by atoms with Gasteiger partial charge in [0.2, 0.25) is 5.91 Å². The fourth-order valence-corrected chi connectivity index (χ4v) is 2.72. The van der Waals surface area contributed by atoms with Gasteiger partial charge in [-0.05, 0) is 36.6 Å². The van der Waals surface area contributed by atoms with E-state index < -0.39 is 0 Å². The number of benzene rings is 1. The van der Waals surface area contributed by atoms with Crippen molar-refractivity contribution in [3.8, 4) is 5.75 Å². The van der Waals surface area contributed by atoms with Crippen molar-refractivity contribution in [2.45, 2.75) is 19.8 Å². The summed E-state index contributed by atoms with van der Waals surface area (Å²) in [5.41, 5.74) is 2.17. The Labute approximate surface area is 130 Å². The summed E-state index contributed by atoms with van der Waals surface area (Å²) in [5, 5.41) is 0.